The lowest BCUT2D eigenvalue weighted by molar-refractivity contribution is -0.154. The lowest BCUT2D eigenvalue weighted by Crippen LogP contribution is -2.42. The summed E-state index contributed by atoms with van der Waals surface area (Å²) in [5.41, 5.74) is 1.48. The molecule has 1 amide bonds. The molecular weight excluding hydrogens is 368 g/mol. The summed E-state index contributed by atoms with van der Waals surface area (Å²) in [7, 11) is -3.87. The highest BCUT2D eigenvalue weighted by Crippen LogP contribution is 2.14. The molecule has 0 aliphatic rings. The summed E-state index contributed by atoms with van der Waals surface area (Å²) in [4.78, 5) is 24.4. The van der Waals surface area contributed by atoms with Gasteiger partial charge < -0.3 is 10.1 Å². The molecule has 0 bridgehead atoms. The molecule has 0 spiro atoms. The number of carbonyl (C=O) groups is 2. The van der Waals surface area contributed by atoms with Crippen molar-refractivity contribution in [2.75, 3.05) is 5.32 Å². The van der Waals surface area contributed by atoms with E-state index in [2.05, 4.69) is 10.0 Å². The van der Waals surface area contributed by atoms with Gasteiger partial charge in [0, 0.05) is 5.69 Å². The average molecular weight is 390 g/mol. The van der Waals surface area contributed by atoms with Gasteiger partial charge in [-0.25, -0.2) is 8.42 Å². The van der Waals surface area contributed by atoms with Gasteiger partial charge in [-0.3, -0.25) is 9.59 Å². The second-order valence-electron chi connectivity index (χ2n) is 6.04. The second kappa shape index (κ2) is 8.79. The number of sulfonamides is 1. The number of hydrogen-bond acceptors (Lipinski definition) is 5. The Labute approximate surface area is 158 Å². The van der Waals surface area contributed by atoms with Gasteiger partial charge in [-0.15, -0.1) is 0 Å². The first kappa shape index (κ1) is 20.6. The van der Waals surface area contributed by atoms with E-state index in [0.29, 0.717) is 5.69 Å². The maximum absolute atomic E-state index is 12.2. The molecule has 0 saturated heterocycles. The molecule has 2 N–H and O–H groups in total. The summed E-state index contributed by atoms with van der Waals surface area (Å²) in [6, 6.07) is 13.7. The normalized spacial score (nSPS) is 13.4. The molecule has 0 aliphatic heterocycles. The van der Waals surface area contributed by atoms with Gasteiger partial charge in [0.1, 0.15) is 6.04 Å². The van der Waals surface area contributed by atoms with E-state index < -0.39 is 34.0 Å². The molecule has 7 nitrogen and oxygen atoms in total. The summed E-state index contributed by atoms with van der Waals surface area (Å²) in [5.74, 6) is -1.35. The zero-order chi connectivity index (χ0) is 20.0. The van der Waals surface area contributed by atoms with E-state index >= 15 is 0 Å². The molecule has 2 aromatic carbocycles. The van der Waals surface area contributed by atoms with Crippen molar-refractivity contribution in [2.45, 2.75) is 37.8 Å². The third-order valence-corrected chi connectivity index (χ3v) is 5.36. The van der Waals surface area contributed by atoms with Crippen molar-refractivity contribution in [3.63, 3.8) is 0 Å². The minimum absolute atomic E-state index is 0.0370. The molecule has 0 aromatic heterocycles. The Bertz CT molecular complexity index is 913. The number of esters is 1. The number of aryl methyl sites for hydroxylation is 1. The van der Waals surface area contributed by atoms with Crippen LogP contribution in [0.25, 0.3) is 0 Å². The van der Waals surface area contributed by atoms with Gasteiger partial charge in [0.2, 0.25) is 10.0 Å². The number of anilines is 1. The molecule has 2 unspecified atom stereocenters. The van der Waals surface area contributed by atoms with E-state index in [9.17, 15) is 18.0 Å². The van der Waals surface area contributed by atoms with Crippen LogP contribution in [-0.2, 0) is 24.3 Å². The highest BCUT2D eigenvalue weighted by atomic mass is 32.2. The minimum atomic E-state index is -3.87. The number of benzene rings is 2. The maximum atomic E-state index is 12.2. The number of carbonyl (C=O) groups excluding carboxylic acids is 2. The minimum Gasteiger partial charge on any atom is -0.451 e. The summed E-state index contributed by atoms with van der Waals surface area (Å²) in [6.45, 7) is 4.62. The number of nitrogens with one attached hydrogen (secondary N) is 2. The van der Waals surface area contributed by atoms with Gasteiger partial charge >= 0.3 is 5.97 Å². The highest BCUT2D eigenvalue weighted by molar-refractivity contribution is 7.89. The van der Waals surface area contributed by atoms with Crippen LogP contribution >= 0.6 is 0 Å². The molecule has 0 saturated carbocycles. The Morgan fingerprint density at radius 2 is 1.56 bits per heavy atom. The fourth-order valence-corrected chi connectivity index (χ4v) is 3.44. The Hall–Kier alpha value is -2.71. The van der Waals surface area contributed by atoms with Gasteiger partial charge in [-0.2, -0.15) is 4.72 Å². The number of ether oxygens (including phenoxy) is 1. The maximum Gasteiger partial charge on any atom is 0.324 e. The zero-order valence-electron chi connectivity index (χ0n) is 15.3. The van der Waals surface area contributed by atoms with Crippen molar-refractivity contribution in [1.82, 2.24) is 4.72 Å². The van der Waals surface area contributed by atoms with Crippen molar-refractivity contribution in [2.24, 2.45) is 0 Å². The summed E-state index contributed by atoms with van der Waals surface area (Å²) in [6.07, 6.45) is -1.08. The van der Waals surface area contributed by atoms with E-state index in [1.807, 2.05) is 19.1 Å². The Balaban J connectivity index is 1.95. The molecule has 144 valence electrons. The standard InChI is InChI=1S/C19H22N2O5S/c1-13-9-7-8-12-17(13)20-18(22)15(3)26-19(23)14(2)21-27(24,25)16-10-5-4-6-11-16/h4-12,14-15,21H,1-3H3,(H,20,22). The number of hydrogen-bond donors (Lipinski definition) is 2. The Morgan fingerprint density at radius 3 is 2.19 bits per heavy atom. The van der Waals surface area contributed by atoms with Crippen LogP contribution in [0, 0.1) is 6.92 Å². The van der Waals surface area contributed by atoms with Crippen molar-refractivity contribution in [3.8, 4) is 0 Å². The van der Waals surface area contributed by atoms with Crippen LogP contribution < -0.4 is 10.0 Å². The van der Waals surface area contributed by atoms with Crippen LogP contribution in [0.4, 0.5) is 5.69 Å². The fourth-order valence-electron chi connectivity index (χ4n) is 2.23. The lowest BCUT2D eigenvalue weighted by Gasteiger charge is -2.18. The first-order valence-electron chi connectivity index (χ1n) is 8.35. The zero-order valence-corrected chi connectivity index (χ0v) is 16.1. The van der Waals surface area contributed by atoms with Crippen molar-refractivity contribution in [3.05, 3.63) is 60.2 Å². The van der Waals surface area contributed by atoms with Gasteiger partial charge in [0.05, 0.1) is 4.90 Å². The van der Waals surface area contributed by atoms with Gasteiger partial charge in [-0.1, -0.05) is 36.4 Å². The van der Waals surface area contributed by atoms with Crippen LogP contribution in [0.5, 0.6) is 0 Å². The van der Waals surface area contributed by atoms with Crippen molar-refractivity contribution in [1.29, 1.82) is 0 Å². The Morgan fingerprint density at radius 1 is 0.963 bits per heavy atom. The smallest absolute Gasteiger partial charge is 0.324 e. The van der Waals surface area contributed by atoms with Crippen molar-refractivity contribution < 1.29 is 22.7 Å². The monoisotopic (exact) mass is 390 g/mol. The first-order chi connectivity index (χ1) is 12.7. The molecule has 2 rings (SSSR count). The molecular formula is C19H22N2O5S. The number of amides is 1. The third kappa shape index (κ3) is 5.63. The van der Waals surface area contributed by atoms with Crippen LogP contribution in [-0.4, -0.2) is 32.4 Å². The fraction of sp³-hybridized carbons (Fsp3) is 0.263. The summed E-state index contributed by atoms with van der Waals surface area (Å²) < 4.78 is 31.8. The van der Waals surface area contributed by atoms with Crippen LogP contribution in [0.3, 0.4) is 0 Å². The highest BCUT2D eigenvalue weighted by Gasteiger charge is 2.26. The molecule has 8 heteroatoms. The van der Waals surface area contributed by atoms with Gasteiger partial charge in [0.25, 0.3) is 5.91 Å². The topological polar surface area (TPSA) is 102 Å². The predicted molar refractivity (Wildman–Crippen MR) is 102 cm³/mol. The number of rotatable bonds is 7. The number of para-hydroxylation sites is 1. The van der Waals surface area contributed by atoms with Gasteiger partial charge in [-0.05, 0) is 44.5 Å². The van der Waals surface area contributed by atoms with Gasteiger partial charge in [0.15, 0.2) is 6.10 Å². The SMILES string of the molecule is Cc1ccccc1NC(=O)C(C)OC(=O)C(C)NS(=O)(=O)c1ccccc1. The molecule has 2 atom stereocenters. The molecule has 2 aromatic rings. The molecule has 0 radical (unpaired) electrons. The molecule has 27 heavy (non-hydrogen) atoms. The van der Waals surface area contributed by atoms with Crippen LogP contribution in [0.15, 0.2) is 59.5 Å². The summed E-state index contributed by atoms with van der Waals surface area (Å²) in [5, 5.41) is 2.67. The molecule has 0 fully saturated rings. The average Bonchev–Trinajstić information content (AvgIpc) is 2.63. The van der Waals surface area contributed by atoms with E-state index in [4.69, 9.17) is 4.74 Å². The van der Waals surface area contributed by atoms with E-state index in [1.165, 1.54) is 26.0 Å². The summed E-state index contributed by atoms with van der Waals surface area (Å²) >= 11 is 0. The second-order valence-corrected chi connectivity index (χ2v) is 7.75. The Kier molecular flexibility index (Phi) is 6.70. The van der Waals surface area contributed by atoms with E-state index in [0.717, 1.165) is 5.56 Å². The van der Waals surface area contributed by atoms with Crippen molar-refractivity contribution >= 4 is 27.6 Å². The van der Waals surface area contributed by atoms with E-state index in [-0.39, 0.29) is 4.90 Å². The van der Waals surface area contributed by atoms with Crippen LogP contribution in [0.2, 0.25) is 0 Å². The first-order valence-corrected chi connectivity index (χ1v) is 9.83. The molecule has 0 aliphatic carbocycles. The quantitative estimate of drug-likeness (QED) is 0.706. The predicted octanol–water partition coefficient (Wildman–Crippen LogP) is 2.23. The van der Waals surface area contributed by atoms with Crippen LogP contribution in [0.1, 0.15) is 19.4 Å². The third-order valence-electron chi connectivity index (χ3n) is 3.80. The van der Waals surface area contributed by atoms with E-state index in [1.54, 1.807) is 30.3 Å². The lowest BCUT2D eigenvalue weighted by atomic mass is 10.2. The molecule has 0 heterocycles. The largest absolute Gasteiger partial charge is 0.451 e.